The third-order valence-electron chi connectivity index (χ3n) is 18.2. The topological polar surface area (TPSA) is 18.7 Å². The van der Waals surface area contributed by atoms with E-state index < -0.39 is 0 Å². The molecule has 82 heavy (non-hydrogen) atoms. The molecular weight excluding hydrogens is 1030 g/mol. The SMILES string of the molecule is c1ccc(-n2c3ccccc3c3c4c(ccc32)c2c3ccccc3cn2c2c4ccc3c4ccc(-c5ccc6c7ccc8c(c9ccc%10c%11ccccc%11sc%10c9n9cc%10ccccc%10c89)c7n(-c7ccccc7)c6c5)cc4sc32)cc1. The van der Waals surface area contributed by atoms with E-state index >= 15 is 0 Å². The number of fused-ring (bicyclic) bond motifs is 32. The van der Waals surface area contributed by atoms with Crippen molar-refractivity contribution in [3.05, 3.63) is 255 Å². The van der Waals surface area contributed by atoms with Gasteiger partial charge in [-0.25, -0.2) is 0 Å². The van der Waals surface area contributed by atoms with Crippen LogP contribution in [-0.4, -0.2) is 17.9 Å². The lowest BCUT2D eigenvalue weighted by Gasteiger charge is -2.15. The van der Waals surface area contributed by atoms with Crippen molar-refractivity contribution < 1.29 is 0 Å². The lowest BCUT2D eigenvalue weighted by Crippen LogP contribution is -1.96. The first kappa shape index (κ1) is 43.6. The number of thiophene rings is 2. The summed E-state index contributed by atoms with van der Waals surface area (Å²) in [5, 5.41) is 22.9. The van der Waals surface area contributed by atoms with Crippen molar-refractivity contribution in [3.8, 4) is 22.5 Å². The van der Waals surface area contributed by atoms with Crippen molar-refractivity contribution in [1.82, 2.24) is 17.9 Å². The van der Waals surface area contributed by atoms with Crippen LogP contribution in [0.15, 0.2) is 255 Å². The van der Waals surface area contributed by atoms with Gasteiger partial charge in [0.25, 0.3) is 0 Å². The second-order valence-corrected chi connectivity index (χ2v) is 24.4. The van der Waals surface area contributed by atoms with E-state index in [0.717, 1.165) is 5.69 Å². The van der Waals surface area contributed by atoms with E-state index in [1.807, 2.05) is 22.7 Å². The number of hydrogen-bond acceptors (Lipinski definition) is 2. The minimum atomic E-state index is 1.15. The molecule has 0 amide bonds. The predicted octanol–water partition coefficient (Wildman–Crippen LogP) is 21.7. The highest BCUT2D eigenvalue weighted by Crippen LogP contribution is 2.50. The Balaban J connectivity index is 0.853. The summed E-state index contributed by atoms with van der Waals surface area (Å²) in [6.07, 6.45) is 4.74. The fourth-order valence-electron chi connectivity index (χ4n) is 14.9. The molecule has 4 nitrogen and oxygen atoms in total. The third-order valence-corrected chi connectivity index (χ3v) is 20.6. The number of para-hydroxylation sites is 3. The van der Waals surface area contributed by atoms with Crippen LogP contribution in [0.3, 0.4) is 0 Å². The second-order valence-electron chi connectivity index (χ2n) is 22.3. The first-order valence-corrected chi connectivity index (χ1v) is 29.8. The molecule has 0 saturated heterocycles. The van der Waals surface area contributed by atoms with Crippen LogP contribution in [0.2, 0.25) is 0 Å². The molecule has 0 aliphatic rings. The van der Waals surface area contributed by atoms with Crippen molar-refractivity contribution in [2.24, 2.45) is 0 Å². The Morgan fingerprint density at radius 3 is 1.41 bits per heavy atom. The Morgan fingerprint density at radius 2 is 0.720 bits per heavy atom. The first-order chi connectivity index (χ1) is 40.7. The summed E-state index contributed by atoms with van der Waals surface area (Å²) in [6, 6.07) is 91.0. The van der Waals surface area contributed by atoms with Crippen LogP contribution in [0.5, 0.6) is 0 Å². The Hall–Kier alpha value is -10.2. The Labute approximate surface area is 475 Å². The maximum absolute atomic E-state index is 2.56. The normalized spacial score (nSPS) is 12.6. The smallest absolute Gasteiger partial charge is 0.0714 e. The summed E-state index contributed by atoms with van der Waals surface area (Å²) in [4.78, 5) is 0. The van der Waals surface area contributed by atoms with Gasteiger partial charge in [-0.2, -0.15) is 0 Å². The Bertz CT molecular complexity index is 6240. The fraction of sp³-hybridized carbons (Fsp3) is 0. The molecule has 8 heterocycles. The van der Waals surface area contributed by atoms with Gasteiger partial charge in [-0.3, -0.25) is 0 Å². The van der Waals surface area contributed by atoms with Crippen LogP contribution in [0.25, 0.3) is 182 Å². The molecule has 0 atom stereocenters. The zero-order valence-corrected chi connectivity index (χ0v) is 45.5. The highest BCUT2D eigenvalue weighted by atomic mass is 32.1. The van der Waals surface area contributed by atoms with Crippen LogP contribution in [0.4, 0.5) is 0 Å². The number of pyridine rings is 2. The molecule has 0 bridgehead atoms. The van der Waals surface area contributed by atoms with Crippen LogP contribution in [-0.2, 0) is 0 Å². The molecule has 20 aromatic rings. The molecule has 0 N–H and O–H groups in total. The monoisotopic (exact) mass is 1070 g/mol. The van der Waals surface area contributed by atoms with Gasteiger partial charge in [-0.15, -0.1) is 22.7 Å². The zero-order chi connectivity index (χ0) is 53.1. The van der Waals surface area contributed by atoms with E-state index in [1.54, 1.807) is 0 Å². The van der Waals surface area contributed by atoms with Crippen molar-refractivity contribution in [2.75, 3.05) is 0 Å². The van der Waals surface area contributed by atoms with E-state index in [-0.39, 0.29) is 0 Å². The molecule has 0 spiro atoms. The standard InChI is InChI=1S/C76H42N4S2/c1-3-17-47(18-4-1)79-62-25-13-11-24-57(62)69-63(79)38-37-58-67(69)59-35-32-56-53-30-28-44(40-66(53)82-76(56)73(59)77-41-45-15-7-9-21-49(45)70(58)77)43-27-29-51-54-31-34-60-68(72(54)80(64(51)39-43)48-19-5-2-6-20-48)61-36-33-55-52-23-12-14-26-65(52)81-75(55)74(61)78-42-46-16-8-10-22-50(46)71(60)78/h1-42H. The van der Waals surface area contributed by atoms with E-state index in [0.29, 0.717) is 0 Å². The summed E-state index contributed by atoms with van der Waals surface area (Å²) < 4.78 is 15.2. The Morgan fingerprint density at radius 1 is 0.244 bits per heavy atom. The van der Waals surface area contributed by atoms with Crippen molar-refractivity contribution in [1.29, 1.82) is 0 Å². The van der Waals surface area contributed by atoms with Gasteiger partial charge in [0.2, 0.25) is 0 Å². The van der Waals surface area contributed by atoms with Gasteiger partial charge in [0, 0.05) is 130 Å². The summed E-state index contributed by atoms with van der Waals surface area (Å²) in [6.45, 7) is 0. The largest absolute Gasteiger partial charge is 0.313 e. The van der Waals surface area contributed by atoms with Crippen LogP contribution >= 0.6 is 22.7 Å². The van der Waals surface area contributed by atoms with Gasteiger partial charge in [-0.1, -0.05) is 188 Å². The van der Waals surface area contributed by atoms with E-state index in [9.17, 15) is 0 Å². The number of rotatable bonds is 3. The van der Waals surface area contributed by atoms with Gasteiger partial charge in [0.1, 0.15) is 0 Å². The minimum absolute atomic E-state index is 1.15. The molecule has 12 aromatic carbocycles. The van der Waals surface area contributed by atoms with Gasteiger partial charge in [0.05, 0.1) is 53.5 Å². The minimum Gasteiger partial charge on any atom is -0.313 e. The third kappa shape index (κ3) is 5.55. The predicted molar refractivity (Wildman–Crippen MR) is 353 cm³/mol. The van der Waals surface area contributed by atoms with Gasteiger partial charge in [0.15, 0.2) is 0 Å². The molecule has 8 aromatic heterocycles. The first-order valence-electron chi connectivity index (χ1n) is 28.1. The lowest BCUT2D eigenvalue weighted by molar-refractivity contribution is 1.18. The van der Waals surface area contributed by atoms with Gasteiger partial charge < -0.3 is 17.9 Å². The number of nitrogens with zero attached hydrogens (tertiary/aromatic N) is 4. The summed E-state index contributed by atoms with van der Waals surface area (Å²) in [7, 11) is 0. The van der Waals surface area contributed by atoms with Gasteiger partial charge in [-0.05, 0) is 65.7 Å². The molecule has 0 fully saturated rings. The van der Waals surface area contributed by atoms with Crippen LogP contribution < -0.4 is 0 Å². The van der Waals surface area contributed by atoms with E-state index in [4.69, 9.17) is 0 Å². The average molecular weight is 1080 g/mol. The van der Waals surface area contributed by atoms with Crippen molar-refractivity contribution >= 4 is 183 Å². The molecule has 0 radical (unpaired) electrons. The van der Waals surface area contributed by atoms with E-state index in [1.165, 1.54) is 177 Å². The maximum atomic E-state index is 2.56. The van der Waals surface area contributed by atoms with Crippen molar-refractivity contribution in [2.45, 2.75) is 0 Å². The van der Waals surface area contributed by atoms with Gasteiger partial charge >= 0.3 is 0 Å². The molecule has 0 aliphatic carbocycles. The number of benzene rings is 12. The summed E-state index contributed by atoms with van der Waals surface area (Å²) in [5.74, 6) is 0. The second kappa shape index (κ2) is 15.8. The molecule has 0 saturated carbocycles. The summed E-state index contributed by atoms with van der Waals surface area (Å²) >= 11 is 3.84. The molecule has 0 unspecified atom stereocenters. The quantitative estimate of drug-likeness (QED) is 0.157. The van der Waals surface area contributed by atoms with Crippen LogP contribution in [0.1, 0.15) is 0 Å². The highest BCUT2D eigenvalue weighted by molar-refractivity contribution is 7.27. The van der Waals surface area contributed by atoms with Crippen molar-refractivity contribution in [3.63, 3.8) is 0 Å². The highest BCUT2D eigenvalue weighted by Gasteiger charge is 2.25. The molecular formula is C76H42N4S2. The average Bonchev–Trinajstić information content (AvgIpc) is 3.88. The molecule has 0 aliphatic heterocycles. The maximum Gasteiger partial charge on any atom is 0.0714 e. The molecule has 378 valence electrons. The number of aromatic nitrogens is 4. The fourth-order valence-corrected chi connectivity index (χ4v) is 17.4. The lowest BCUT2D eigenvalue weighted by atomic mass is 9.97. The van der Waals surface area contributed by atoms with E-state index in [2.05, 4.69) is 273 Å². The summed E-state index contributed by atoms with van der Waals surface area (Å²) in [5.41, 5.74) is 14.6. The molecule has 6 heteroatoms. The molecule has 20 rings (SSSR count). The van der Waals surface area contributed by atoms with Crippen LogP contribution in [0, 0.1) is 0 Å². The number of hydrogen-bond donors (Lipinski definition) is 0. The zero-order valence-electron chi connectivity index (χ0n) is 43.9. The Kier molecular flexibility index (Phi) is 8.39.